The number of carbonyl (C=O) groups excluding carboxylic acids is 1. The summed E-state index contributed by atoms with van der Waals surface area (Å²) >= 11 is 0. The molecular formula is C14H20FN3O. The SMILES string of the molecule is NCC1CCCCC1CNC(=O)c1ccncc1F. The second-order valence-electron chi connectivity index (χ2n) is 5.11. The lowest BCUT2D eigenvalue weighted by Crippen LogP contribution is -2.37. The minimum absolute atomic E-state index is 0.0510. The largest absolute Gasteiger partial charge is 0.352 e. The second kappa shape index (κ2) is 6.61. The molecule has 2 atom stereocenters. The molecule has 1 fully saturated rings. The molecule has 1 saturated carbocycles. The van der Waals surface area contributed by atoms with Gasteiger partial charge in [0.05, 0.1) is 11.8 Å². The van der Waals surface area contributed by atoms with Crippen LogP contribution in [0.3, 0.4) is 0 Å². The molecule has 5 heteroatoms. The summed E-state index contributed by atoms with van der Waals surface area (Å²) in [6.07, 6.45) is 7.08. The van der Waals surface area contributed by atoms with Gasteiger partial charge < -0.3 is 11.1 Å². The van der Waals surface area contributed by atoms with E-state index in [2.05, 4.69) is 10.3 Å². The van der Waals surface area contributed by atoms with Gasteiger partial charge in [-0.2, -0.15) is 0 Å². The zero-order valence-electron chi connectivity index (χ0n) is 10.9. The quantitative estimate of drug-likeness (QED) is 0.871. The van der Waals surface area contributed by atoms with Crippen LogP contribution in [0.25, 0.3) is 0 Å². The van der Waals surface area contributed by atoms with Gasteiger partial charge in [0, 0.05) is 12.7 Å². The van der Waals surface area contributed by atoms with Gasteiger partial charge in [-0.25, -0.2) is 4.39 Å². The zero-order chi connectivity index (χ0) is 13.7. The van der Waals surface area contributed by atoms with E-state index in [1.165, 1.54) is 25.1 Å². The van der Waals surface area contributed by atoms with Crippen molar-refractivity contribution in [3.63, 3.8) is 0 Å². The van der Waals surface area contributed by atoms with Gasteiger partial charge in [-0.15, -0.1) is 0 Å². The summed E-state index contributed by atoms with van der Waals surface area (Å²) in [5.41, 5.74) is 5.81. The smallest absolute Gasteiger partial charge is 0.254 e. The number of carbonyl (C=O) groups is 1. The Kier molecular flexibility index (Phi) is 4.85. The summed E-state index contributed by atoms with van der Waals surface area (Å²) in [6.45, 7) is 1.23. The van der Waals surface area contributed by atoms with Crippen LogP contribution in [0.4, 0.5) is 4.39 Å². The highest BCUT2D eigenvalue weighted by molar-refractivity contribution is 5.94. The maximum atomic E-state index is 13.4. The van der Waals surface area contributed by atoms with Gasteiger partial charge in [-0.3, -0.25) is 9.78 Å². The molecule has 3 N–H and O–H groups in total. The van der Waals surface area contributed by atoms with Crippen LogP contribution in [0.15, 0.2) is 18.5 Å². The highest BCUT2D eigenvalue weighted by atomic mass is 19.1. The van der Waals surface area contributed by atoms with E-state index in [1.54, 1.807) is 0 Å². The lowest BCUT2D eigenvalue weighted by Gasteiger charge is -2.30. The van der Waals surface area contributed by atoms with E-state index in [0.717, 1.165) is 19.0 Å². The topological polar surface area (TPSA) is 68.0 Å². The molecule has 0 bridgehead atoms. The number of rotatable bonds is 4. The number of hydrogen-bond acceptors (Lipinski definition) is 3. The Morgan fingerprint density at radius 1 is 1.42 bits per heavy atom. The summed E-state index contributed by atoms with van der Waals surface area (Å²) < 4.78 is 13.4. The van der Waals surface area contributed by atoms with Crippen molar-refractivity contribution in [3.8, 4) is 0 Å². The van der Waals surface area contributed by atoms with E-state index in [1.807, 2.05) is 0 Å². The Morgan fingerprint density at radius 2 is 2.16 bits per heavy atom. The van der Waals surface area contributed by atoms with E-state index < -0.39 is 5.82 Å². The van der Waals surface area contributed by atoms with Crippen LogP contribution < -0.4 is 11.1 Å². The Balaban J connectivity index is 1.91. The highest BCUT2D eigenvalue weighted by Gasteiger charge is 2.24. The number of pyridine rings is 1. The van der Waals surface area contributed by atoms with Crippen LogP contribution in [0.5, 0.6) is 0 Å². The molecule has 1 aromatic rings. The third-order valence-corrected chi connectivity index (χ3v) is 3.91. The van der Waals surface area contributed by atoms with Crippen molar-refractivity contribution in [2.45, 2.75) is 25.7 Å². The Labute approximate surface area is 112 Å². The summed E-state index contributed by atoms with van der Waals surface area (Å²) in [6, 6.07) is 1.39. The minimum Gasteiger partial charge on any atom is -0.352 e. The summed E-state index contributed by atoms with van der Waals surface area (Å²) in [5.74, 6) is -0.0794. The fourth-order valence-corrected chi connectivity index (χ4v) is 2.74. The van der Waals surface area contributed by atoms with Gasteiger partial charge in [-0.1, -0.05) is 12.8 Å². The van der Waals surface area contributed by atoms with Crippen molar-refractivity contribution in [1.82, 2.24) is 10.3 Å². The molecule has 0 aromatic carbocycles. The first-order valence-corrected chi connectivity index (χ1v) is 6.80. The van der Waals surface area contributed by atoms with Gasteiger partial charge in [0.2, 0.25) is 0 Å². The van der Waals surface area contributed by atoms with Crippen molar-refractivity contribution in [2.24, 2.45) is 17.6 Å². The van der Waals surface area contributed by atoms with Gasteiger partial charge in [0.1, 0.15) is 0 Å². The second-order valence-corrected chi connectivity index (χ2v) is 5.11. The number of nitrogens with two attached hydrogens (primary N) is 1. The van der Waals surface area contributed by atoms with Gasteiger partial charge in [-0.05, 0) is 37.3 Å². The molecule has 1 aliphatic rings. The molecule has 104 valence electrons. The molecule has 1 aromatic heterocycles. The van der Waals surface area contributed by atoms with Crippen LogP contribution in [0.1, 0.15) is 36.0 Å². The molecule has 0 saturated heterocycles. The summed E-state index contributed by atoms with van der Waals surface area (Å²) in [5, 5.41) is 2.81. The van der Waals surface area contributed by atoms with Crippen molar-refractivity contribution in [3.05, 3.63) is 29.8 Å². The summed E-state index contributed by atoms with van der Waals surface area (Å²) in [4.78, 5) is 15.5. The Bertz CT molecular complexity index is 438. The predicted octanol–water partition coefficient (Wildman–Crippen LogP) is 1.72. The first-order chi connectivity index (χ1) is 9.22. The molecule has 1 heterocycles. The van der Waals surface area contributed by atoms with Crippen molar-refractivity contribution in [2.75, 3.05) is 13.1 Å². The molecule has 0 radical (unpaired) electrons. The van der Waals surface area contributed by atoms with Gasteiger partial charge in [0.15, 0.2) is 5.82 Å². The first kappa shape index (κ1) is 13.9. The molecule has 1 aliphatic carbocycles. The fraction of sp³-hybridized carbons (Fsp3) is 0.571. The van der Waals surface area contributed by atoms with Crippen LogP contribution >= 0.6 is 0 Å². The number of nitrogens with one attached hydrogen (secondary N) is 1. The average molecular weight is 265 g/mol. The lowest BCUT2D eigenvalue weighted by atomic mass is 9.79. The number of aromatic nitrogens is 1. The maximum absolute atomic E-state index is 13.4. The summed E-state index contributed by atoms with van der Waals surface area (Å²) in [7, 11) is 0. The number of hydrogen-bond donors (Lipinski definition) is 2. The van der Waals surface area contributed by atoms with Crippen molar-refractivity contribution in [1.29, 1.82) is 0 Å². The number of nitrogens with zero attached hydrogens (tertiary/aromatic N) is 1. The fourth-order valence-electron chi connectivity index (χ4n) is 2.74. The Hall–Kier alpha value is -1.49. The van der Waals surface area contributed by atoms with Crippen LogP contribution in [-0.4, -0.2) is 24.0 Å². The molecule has 2 unspecified atom stereocenters. The van der Waals surface area contributed by atoms with E-state index in [-0.39, 0.29) is 11.5 Å². The van der Waals surface area contributed by atoms with Crippen LogP contribution in [0.2, 0.25) is 0 Å². The molecule has 4 nitrogen and oxygen atoms in total. The predicted molar refractivity (Wildman–Crippen MR) is 71.0 cm³/mol. The number of amides is 1. The van der Waals surface area contributed by atoms with E-state index in [4.69, 9.17) is 5.73 Å². The van der Waals surface area contributed by atoms with Crippen molar-refractivity contribution >= 4 is 5.91 Å². The minimum atomic E-state index is -0.584. The van der Waals surface area contributed by atoms with E-state index in [9.17, 15) is 9.18 Å². The third-order valence-electron chi connectivity index (χ3n) is 3.91. The highest BCUT2D eigenvalue weighted by Crippen LogP contribution is 2.28. The zero-order valence-corrected chi connectivity index (χ0v) is 10.9. The lowest BCUT2D eigenvalue weighted by molar-refractivity contribution is 0.0931. The molecule has 2 rings (SSSR count). The van der Waals surface area contributed by atoms with Crippen LogP contribution in [0, 0.1) is 17.7 Å². The average Bonchev–Trinajstić information content (AvgIpc) is 2.45. The molecular weight excluding hydrogens is 245 g/mol. The molecule has 1 amide bonds. The maximum Gasteiger partial charge on any atom is 0.254 e. The normalized spacial score (nSPS) is 23.1. The van der Waals surface area contributed by atoms with Gasteiger partial charge in [0.25, 0.3) is 5.91 Å². The molecule has 0 spiro atoms. The monoisotopic (exact) mass is 265 g/mol. The van der Waals surface area contributed by atoms with Crippen LogP contribution in [-0.2, 0) is 0 Å². The van der Waals surface area contributed by atoms with Crippen molar-refractivity contribution < 1.29 is 9.18 Å². The van der Waals surface area contributed by atoms with Gasteiger partial charge >= 0.3 is 0 Å². The Morgan fingerprint density at radius 3 is 2.84 bits per heavy atom. The standard InChI is InChI=1S/C14H20FN3O/c15-13-9-17-6-5-12(13)14(19)18-8-11-4-2-1-3-10(11)7-16/h5-6,9-11H,1-4,7-8,16H2,(H,18,19). The third kappa shape index (κ3) is 3.50. The van der Waals surface area contributed by atoms with E-state index in [0.29, 0.717) is 24.9 Å². The van der Waals surface area contributed by atoms with E-state index >= 15 is 0 Å². The number of halogens is 1. The first-order valence-electron chi connectivity index (χ1n) is 6.80. The molecule has 19 heavy (non-hydrogen) atoms. The molecule has 0 aliphatic heterocycles.